The molecule has 0 aromatic heterocycles. The van der Waals surface area contributed by atoms with Crippen LogP contribution in [0.2, 0.25) is 0 Å². The zero-order chi connectivity index (χ0) is 40.6. The number of hydrogen-bond acceptors (Lipinski definition) is 7. The first-order valence-electron chi connectivity index (χ1n) is 23.5. The van der Waals surface area contributed by atoms with E-state index >= 15 is 0 Å². The SMILES string of the molecule is CCCCCCCCCCCCCCCC(=O)OCC(COC(=O)CCCCCCCCCCCCCCC)OC(=O)C(C)CCCCCCC(C)C(=O)O. The van der Waals surface area contributed by atoms with Crippen LogP contribution in [0, 0.1) is 11.8 Å². The molecule has 8 heteroatoms. The Hall–Kier alpha value is -2.12. The molecule has 55 heavy (non-hydrogen) atoms. The van der Waals surface area contributed by atoms with Gasteiger partial charge in [0, 0.05) is 12.8 Å². The van der Waals surface area contributed by atoms with Crippen LogP contribution in [-0.4, -0.2) is 48.3 Å². The lowest BCUT2D eigenvalue weighted by Gasteiger charge is -2.20. The van der Waals surface area contributed by atoms with Gasteiger partial charge >= 0.3 is 23.9 Å². The Kier molecular flexibility index (Phi) is 38.5. The molecule has 0 heterocycles. The molecule has 0 bridgehead atoms. The summed E-state index contributed by atoms with van der Waals surface area (Å²) in [5, 5.41) is 9.05. The molecule has 0 radical (unpaired) electrons. The minimum atomic E-state index is -0.835. The number of esters is 3. The Balaban J connectivity index is 4.46. The monoisotopic (exact) mass is 781 g/mol. The first kappa shape index (κ1) is 52.9. The van der Waals surface area contributed by atoms with Gasteiger partial charge in [0.2, 0.25) is 0 Å². The highest BCUT2D eigenvalue weighted by atomic mass is 16.6. The van der Waals surface area contributed by atoms with Crippen molar-refractivity contribution >= 4 is 23.9 Å². The molecule has 0 aliphatic carbocycles. The number of unbranched alkanes of at least 4 members (excludes halogenated alkanes) is 27. The minimum absolute atomic E-state index is 0.122. The van der Waals surface area contributed by atoms with E-state index in [-0.39, 0.29) is 43.0 Å². The Morgan fingerprint density at radius 3 is 1.04 bits per heavy atom. The molecule has 0 aromatic rings. The lowest BCUT2D eigenvalue weighted by molar-refractivity contribution is -0.169. The van der Waals surface area contributed by atoms with E-state index in [0.717, 1.165) is 64.2 Å². The third-order valence-electron chi connectivity index (χ3n) is 11.0. The highest BCUT2D eigenvalue weighted by Crippen LogP contribution is 2.18. The van der Waals surface area contributed by atoms with Crippen LogP contribution in [0.15, 0.2) is 0 Å². The van der Waals surface area contributed by atoms with Gasteiger partial charge in [-0.2, -0.15) is 0 Å². The van der Waals surface area contributed by atoms with Gasteiger partial charge in [-0.15, -0.1) is 0 Å². The van der Waals surface area contributed by atoms with Crippen molar-refractivity contribution in [2.24, 2.45) is 11.8 Å². The summed E-state index contributed by atoms with van der Waals surface area (Å²) in [4.78, 5) is 49.1. The summed E-state index contributed by atoms with van der Waals surface area (Å²) in [6.45, 7) is 7.82. The Labute approximate surface area is 338 Å². The first-order chi connectivity index (χ1) is 26.7. The molecule has 0 amide bonds. The predicted molar refractivity (Wildman–Crippen MR) is 226 cm³/mol. The summed E-state index contributed by atoms with van der Waals surface area (Å²) in [6.07, 6.45) is 36.9. The summed E-state index contributed by atoms with van der Waals surface area (Å²) < 4.78 is 16.8. The maximum absolute atomic E-state index is 13.0. The van der Waals surface area contributed by atoms with Crippen LogP contribution in [0.5, 0.6) is 0 Å². The number of carbonyl (C=O) groups excluding carboxylic acids is 3. The van der Waals surface area contributed by atoms with E-state index in [0.29, 0.717) is 25.7 Å². The Morgan fingerprint density at radius 2 is 0.709 bits per heavy atom. The molecule has 0 fully saturated rings. The van der Waals surface area contributed by atoms with E-state index < -0.39 is 12.1 Å². The van der Waals surface area contributed by atoms with Crippen molar-refractivity contribution in [2.45, 2.75) is 252 Å². The predicted octanol–water partition coefficient (Wildman–Crippen LogP) is 13.6. The van der Waals surface area contributed by atoms with Gasteiger partial charge in [-0.3, -0.25) is 19.2 Å². The van der Waals surface area contributed by atoms with E-state index in [1.165, 1.54) is 128 Å². The molecular formula is C47H88O8. The van der Waals surface area contributed by atoms with Gasteiger partial charge < -0.3 is 19.3 Å². The fourth-order valence-electron chi connectivity index (χ4n) is 6.98. The van der Waals surface area contributed by atoms with Crippen molar-refractivity contribution in [3.63, 3.8) is 0 Å². The Morgan fingerprint density at radius 1 is 0.418 bits per heavy atom. The number of carbonyl (C=O) groups is 4. The quantitative estimate of drug-likeness (QED) is 0.0370. The van der Waals surface area contributed by atoms with Crippen molar-refractivity contribution in [1.29, 1.82) is 0 Å². The van der Waals surface area contributed by atoms with Crippen molar-refractivity contribution < 1.29 is 38.5 Å². The fourth-order valence-corrected chi connectivity index (χ4v) is 6.98. The third kappa shape index (κ3) is 37.2. The maximum Gasteiger partial charge on any atom is 0.309 e. The number of carboxylic acid groups (broad SMARTS) is 1. The van der Waals surface area contributed by atoms with Crippen molar-refractivity contribution in [3.05, 3.63) is 0 Å². The van der Waals surface area contributed by atoms with Gasteiger partial charge in [0.15, 0.2) is 6.10 Å². The van der Waals surface area contributed by atoms with Gasteiger partial charge in [0.05, 0.1) is 11.8 Å². The summed E-state index contributed by atoms with van der Waals surface area (Å²) in [5.41, 5.74) is 0. The van der Waals surface area contributed by atoms with Crippen molar-refractivity contribution in [2.75, 3.05) is 13.2 Å². The highest BCUT2D eigenvalue weighted by molar-refractivity contribution is 5.72. The van der Waals surface area contributed by atoms with Crippen LogP contribution in [0.1, 0.15) is 246 Å². The second-order valence-corrected chi connectivity index (χ2v) is 16.5. The van der Waals surface area contributed by atoms with E-state index in [2.05, 4.69) is 13.8 Å². The maximum atomic E-state index is 13.0. The molecule has 0 saturated carbocycles. The van der Waals surface area contributed by atoms with Crippen LogP contribution < -0.4 is 0 Å². The van der Waals surface area contributed by atoms with Crippen molar-refractivity contribution in [3.8, 4) is 0 Å². The lowest BCUT2D eigenvalue weighted by atomic mass is 9.99. The Bertz CT molecular complexity index is 859. The number of rotatable bonds is 42. The third-order valence-corrected chi connectivity index (χ3v) is 11.0. The van der Waals surface area contributed by atoms with Crippen molar-refractivity contribution in [1.82, 2.24) is 0 Å². The van der Waals surface area contributed by atoms with Crippen LogP contribution in [0.3, 0.4) is 0 Å². The van der Waals surface area contributed by atoms with E-state index in [4.69, 9.17) is 19.3 Å². The highest BCUT2D eigenvalue weighted by Gasteiger charge is 2.23. The van der Waals surface area contributed by atoms with E-state index in [9.17, 15) is 19.2 Å². The fraction of sp³-hybridized carbons (Fsp3) is 0.915. The second kappa shape index (κ2) is 40.1. The van der Waals surface area contributed by atoms with Crippen LogP contribution in [0.4, 0.5) is 0 Å². The van der Waals surface area contributed by atoms with Gasteiger partial charge in [-0.05, 0) is 25.7 Å². The number of aliphatic carboxylic acids is 1. The topological polar surface area (TPSA) is 116 Å². The zero-order valence-corrected chi connectivity index (χ0v) is 36.5. The molecule has 0 spiro atoms. The number of hydrogen-bond donors (Lipinski definition) is 1. The van der Waals surface area contributed by atoms with Gasteiger partial charge in [-0.25, -0.2) is 0 Å². The molecule has 324 valence electrons. The molecule has 2 unspecified atom stereocenters. The lowest BCUT2D eigenvalue weighted by Crippen LogP contribution is -2.32. The summed E-state index contributed by atoms with van der Waals surface area (Å²) in [7, 11) is 0. The summed E-state index contributed by atoms with van der Waals surface area (Å²) in [6, 6.07) is 0. The molecule has 8 nitrogen and oxygen atoms in total. The summed E-state index contributed by atoms with van der Waals surface area (Å²) >= 11 is 0. The van der Waals surface area contributed by atoms with Gasteiger partial charge in [-0.1, -0.05) is 207 Å². The van der Waals surface area contributed by atoms with Crippen LogP contribution >= 0.6 is 0 Å². The largest absolute Gasteiger partial charge is 0.481 e. The minimum Gasteiger partial charge on any atom is -0.481 e. The second-order valence-electron chi connectivity index (χ2n) is 16.5. The molecule has 1 N–H and O–H groups in total. The normalized spacial score (nSPS) is 12.5. The number of ether oxygens (including phenoxy) is 3. The molecular weight excluding hydrogens is 693 g/mol. The van der Waals surface area contributed by atoms with Gasteiger partial charge in [0.25, 0.3) is 0 Å². The summed E-state index contributed by atoms with van der Waals surface area (Å²) in [5.74, 6) is -2.45. The molecule has 2 atom stereocenters. The van der Waals surface area contributed by atoms with Crippen LogP contribution in [0.25, 0.3) is 0 Å². The zero-order valence-electron chi connectivity index (χ0n) is 36.5. The molecule has 0 aromatic carbocycles. The average molecular weight is 781 g/mol. The average Bonchev–Trinajstić information content (AvgIpc) is 3.17. The molecule has 0 aliphatic rings. The first-order valence-corrected chi connectivity index (χ1v) is 23.5. The smallest absolute Gasteiger partial charge is 0.309 e. The molecule has 0 saturated heterocycles. The standard InChI is InChI=1S/C47H88O8/c1-5-7-9-11-13-15-17-19-21-23-25-27-33-37-44(48)53-39-43(55-47(52)42(4)36-32-30-29-31-35-41(3)46(50)51)40-54-45(49)38-34-28-26-24-22-20-18-16-14-12-10-8-6-2/h41-43H,5-40H2,1-4H3,(H,50,51). The van der Waals surface area contributed by atoms with Crippen LogP contribution in [-0.2, 0) is 33.4 Å². The number of carboxylic acids is 1. The molecule has 0 rings (SSSR count). The van der Waals surface area contributed by atoms with Gasteiger partial charge in [0.1, 0.15) is 13.2 Å². The van der Waals surface area contributed by atoms with E-state index in [1.807, 2.05) is 6.92 Å². The molecule has 0 aliphatic heterocycles. The van der Waals surface area contributed by atoms with E-state index in [1.54, 1.807) is 6.92 Å².